The molecule has 0 aliphatic carbocycles. The Morgan fingerprint density at radius 2 is 1.79 bits per heavy atom. The van der Waals surface area contributed by atoms with Crippen molar-refractivity contribution in [3.8, 4) is 0 Å². The first kappa shape index (κ1) is 15.9. The van der Waals surface area contributed by atoms with Crippen LogP contribution in [0.3, 0.4) is 0 Å². The van der Waals surface area contributed by atoms with Gasteiger partial charge in [-0.2, -0.15) is 0 Å². The summed E-state index contributed by atoms with van der Waals surface area (Å²) in [6.45, 7) is 10.5. The molecule has 0 fully saturated rings. The SMILES string of the molecule is CCC(CC)(OC)c1nc(NN)cc(C(C)(C)C)n1. The Hall–Kier alpha value is -1.20. The van der Waals surface area contributed by atoms with Crippen molar-refractivity contribution in [2.75, 3.05) is 12.5 Å². The van der Waals surface area contributed by atoms with Crippen LogP contribution in [0, 0.1) is 0 Å². The van der Waals surface area contributed by atoms with Crippen LogP contribution in [0.4, 0.5) is 5.82 Å². The van der Waals surface area contributed by atoms with Crippen molar-refractivity contribution in [3.63, 3.8) is 0 Å². The summed E-state index contributed by atoms with van der Waals surface area (Å²) >= 11 is 0. The Balaban J connectivity index is 3.42. The molecule has 0 amide bonds. The normalized spacial score (nSPS) is 12.6. The van der Waals surface area contributed by atoms with Crippen molar-refractivity contribution in [1.82, 2.24) is 9.97 Å². The number of hydrogen-bond donors (Lipinski definition) is 2. The van der Waals surface area contributed by atoms with E-state index in [0.29, 0.717) is 11.6 Å². The number of nitrogens with one attached hydrogen (secondary N) is 1. The Morgan fingerprint density at radius 3 is 2.16 bits per heavy atom. The predicted molar refractivity (Wildman–Crippen MR) is 77.8 cm³/mol. The molecule has 1 rings (SSSR count). The molecule has 3 N–H and O–H groups in total. The molecule has 1 aromatic rings. The third kappa shape index (κ3) is 3.22. The minimum atomic E-state index is -0.452. The molecule has 0 saturated heterocycles. The first-order valence-electron chi connectivity index (χ1n) is 6.74. The molecule has 0 radical (unpaired) electrons. The molecule has 0 saturated carbocycles. The van der Waals surface area contributed by atoms with Gasteiger partial charge >= 0.3 is 0 Å². The highest BCUT2D eigenvalue weighted by atomic mass is 16.5. The smallest absolute Gasteiger partial charge is 0.162 e. The summed E-state index contributed by atoms with van der Waals surface area (Å²) in [5, 5.41) is 0. The van der Waals surface area contributed by atoms with E-state index in [-0.39, 0.29) is 5.41 Å². The molecular formula is C14H26N4O. The fourth-order valence-electron chi connectivity index (χ4n) is 2.06. The molecule has 0 aromatic carbocycles. The Morgan fingerprint density at radius 1 is 1.21 bits per heavy atom. The van der Waals surface area contributed by atoms with E-state index in [1.54, 1.807) is 7.11 Å². The molecule has 1 heterocycles. The fourth-order valence-corrected chi connectivity index (χ4v) is 2.06. The lowest BCUT2D eigenvalue weighted by Crippen LogP contribution is -2.31. The van der Waals surface area contributed by atoms with Crippen molar-refractivity contribution in [1.29, 1.82) is 0 Å². The van der Waals surface area contributed by atoms with E-state index in [9.17, 15) is 0 Å². The van der Waals surface area contributed by atoms with Crippen molar-refractivity contribution < 1.29 is 4.74 Å². The highest BCUT2D eigenvalue weighted by molar-refractivity contribution is 5.37. The van der Waals surface area contributed by atoms with Gasteiger partial charge in [0, 0.05) is 18.6 Å². The zero-order valence-electron chi connectivity index (χ0n) is 12.9. The van der Waals surface area contributed by atoms with E-state index in [1.165, 1.54) is 0 Å². The van der Waals surface area contributed by atoms with Crippen LogP contribution in [0.5, 0.6) is 0 Å². The van der Waals surface area contributed by atoms with Gasteiger partial charge in [-0.3, -0.25) is 0 Å². The van der Waals surface area contributed by atoms with Gasteiger partial charge in [-0.25, -0.2) is 15.8 Å². The van der Waals surface area contributed by atoms with Gasteiger partial charge in [0.05, 0.1) is 5.69 Å². The molecule has 0 spiro atoms. The minimum absolute atomic E-state index is 0.0652. The number of hydrogen-bond acceptors (Lipinski definition) is 5. The maximum Gasteiger partial charge on any atom is 0.162 e. The van der Waals surface area contributed by atoms with E-state index in [2.05, 4.69) is 45.0 Å². The molecule has 0 aliphatic heterocycles. The van der Waals surface area contributed by atoms with Gasteiger partial charge in [0.15, 0.2) is 5.82 Å². The molecular weight excluding hydrogens is 240 g/mol. The highest BCUT2D eigenvalue weighted by Gasteiger charge is 2.33. The predicted octanol–water partition coefficient (Wildman–Crippen LogP) is 2.72. The van der Waals surface area contributed by atoms with E-state index in [4.69, 9.17) is 15.6 Å². The molecule has 0 unspecified atom stereocenters. The van der Waals surface area contributed by atoms with Crippen LogP contribution < -0.4 is 11.3 Å². The van der Waals surface area contributed by atoms with E-state index in [1.807, 2.05) is 6.07 Å². The lowest BCUT2D eigenvalue weighted by Gasteiger charge is -2.30. The number of anilines is 1. The maximum atomic E-state index is 5.70. The number of nitrogens with two attached hydrogens (primary N) is 1. The number of nitrogen functional groups attached to an aromatic ring is 1. The minimum Gasteiger partial charge on any atom is -0.370 e. The lowest BCUT2D eigenvalue weighted by atomic mass is 9.90. The first-order chi connectivity index (χ1) is 8.82. The summed E-state index contributed by atoms with van der Waals surface area (Å²) in [6, 6.07) is 1.88. The number of ether oxygens (including phenoxy) is 1. The van der Waals surface area contributed by atoms with Crippen LogP contribution in [0.2, 0.25) is 0 Å². The molecule has 108 valence electrons. The van der Waals surface area contributed by atoms with E-state index >= 15 is 0 Å². The summed E-state index contributed by atoms with van der Waals surface area (Å²) in [5.41, 5.74) is 3.05. The van der Waals surface area contributed by atoms with Gasteiger partial charge < -0.3 is 10.2 Å². The van der Waals surface area contributed by atoms with Gasteiger partial charge in [-0.1, -0.05) is 34.6 Å². The summed E-state index contributed by atoms with van der Waals surface area (Å²) in [5.74, 6) is 6.84. The van der Waals surface area contributed by atoms with Crippen LogP contribution in [0.1, 0.15) is 59.0 Å². The molecule has 5 nitrogen and oxygen atoms in total. The van der Waals surface area contributed by atoms with Crippen molar-refractivity contribution in [2.45, 2.75) is 58.5 Å². The second-order valence-corrected chi connectivity index (χ2v) is 5.76. The maximum absolute atomic E-state index is 5.70. The van der Waals surface area contributed by atoms with Gasteiger partial charge in [-0.05, 0) is 12.8 Å². The summed E-state index contributed by atoms with van der Waals surface area (Å²) in [6.07, 6.45) is 1.63. The second kappa shape index (κ2) is 5.84. The Bertz CT molecular complexity index is 414. The average molecular weight is 266 g/mol. The number of hydrazine groups is 1. The summed E-state index contributed by atoms with van der Waals surface area (Å²) in [7, 11) is 1.70. The van der Waals surface area contributed by atoms with Gasteiger partial charge in [0.2, 0.25) is 0 Å². The van der Waals surface area contributed by atoms with Crippen LogP contribution >= 0.6 is 0 Å². The standard InChI is InChI=1S/C14H26N4O/c1-7-14(8-2,19-6)12-16-10(13(3,4)5)9-11(17-12)18-15/h9H,7-8,15H2,1-6H3,(H,16,17,18). The van der Waals surface area contributed by atoms with E-state index in [0.717, 1.165) is 18.5 Å². The third-order valence-corrected chi connectivity index (χ3v) is 3.58. The number of nitrogens with zero attached hydrogens (tertiary/aromatic N) is 2. The molecule has 19 heavy (non-hydrogen) atoms. The van der Waals surface area contributed by atoms with Crippen LogP contribution in [0.15, 0.2) is 6.07 Å². The summed E-state index contributed by atoms with van der Waals surface area (Å²) < 4.78 is 5.70. The molecule has 1 aromatic heterocycles. The quantitative estimate of drug-likeness (QED) is 0.633. The van der Waals surface area contributed by atoms with Crippen molar-refractivity contribution >= 4 is 5.82 Å². The van der Waals surface area contributed by atoms with Gasteiger partial charge in [0.1, 0.15) is 11.4 Å². The Kier molecular flexibility index (Phi) is 4.87. The number of methoxy groups -OCH3 is 1. The fraction of sp³-hybridized carbons (Fsp3) is 0.714. The summed E-state index contributed by atoms with van der Waals surface area (Å²) in [4.78, 5) is 9.18. The molecule has 0 atom stereocenters. The zero-order valence-corrected chi connectivity index (χ0v) is 12.9. The van der Waals surface area contributed by atoms with Crippen LogP contribution in [-0.2, 0) is 15.8 Å². The average Bonchev–Trinajstić information content (AvgIpc) is 2.40. The van der Waals surface area contributed by atoms with Crippen LogP contribution in [-0.4, -0.2) is 17.1 Å². The second-order valence-electron chi connectivity index (χ2n) is 5.76. The van der Waals surface area contributed by atoms with Crippen molar-refractivity contribution in [2.24, 2.45) is 5.84 Å². The highest BCUT2D eigenvalue weighted by Crippen LogP contribution is 2.32. The molecule has 0 bridgehead atoms. The first-order valence-corrected chi connectivity index (χ1v) is 6.74. The Labute approximate surface area is 115 Å². The number of aromatic nitrogens is 2. The molecule has 5 heteroatoms. The van der Waals surface area contributed by atoms with Gasteiger partial charge in [-0.15, -0.1) is 0 Å². The molecule has 0 aliphatic rings. The topological polar surface area (TPSA) is 73.1 Å². The van der Waals surface area contributed by atoms with Crippen LogP contribution in [0.25, 0.3) is 0 Å². The number of rotatable bonds is 5. The van der Waals surface area contributed by atoms with Crippen molar-refractivity contribution in [3.05, 3.63) is 17.6 Å². The third-order valence-electron chi connectivity index (χ3n) is 3.58. The zero-order chi connectivity index (χ0) is 14.7. The largest absolute Gasteiger partial charge is 0.370 e. The monoisotopic (exact) mass is 266 g/mol. The lowest BCUT2D eigenvalue weighted by molar-refractivity contribution is -0.0293. The van der Waals surface area contributed by atoms with Gasteiger partial charge in [0.25, 0.3) is 0 Å². The van der Waals surface area contributed by atoms with E-state index < -0.39 is 5.60 Å².